The van der Waals surface area contributed by atoms with Gasteiger partial charge in [0.2, 0.25) is 0 Å². The number of piperidine rings is 1. The summed E-state index contributed by atoms with van der Waals surface area (Å²) >= 11 is 0. The molecule has 1 N–H and O–H groups in total. The zero-order chi connectivity index (χ0) is 13.9. The number of hydrogen-bond donors (Lipinski definition) is 1. The number of likely N-dealkylation sites (tertiary alicyclic amines) is 1. The van der Waals surface area contributed by atoms with Gasteiger partial charge in [-0.1, -0.05) is 0 Å². The molecule has 4 heteroatoms. The summed E-state index contributed by atoms with van der Waals surface area (Å²) in [6.45, 7) is 6.48. The van der Waals surface area contributed by atoms with Crippen LogP contribution in [0.3, 0.4) is 0 Å². The fourth-order valence-electron chi connectivity index (χ4n) is 3.63. The van der Waals surface area contributed by atoms with Gasteiger partial charge < -0.3 is 9.64 Å². The number of methoxy groups -OCH3 is 1. The number of rotatable bonds is 4. The third kappa shape index (κ3) is 3.47. The van der Waals surface area contributed by atoms with Crippen molar-refractivity contribution in [1.29, 1.82) is 5.26 Å². The second kappa shape index (κ2) is 6.21. The Morgan fingerprint density at radius 3 is 2.53 bits per heavy atom. The molecule has 0 aromatic heterocycles. The van der Waals surface area contributed by atoms with Gasteiger partial charge in [0.15, 0.2) is 0 Å². The van der Waals surface area contributed by atoms with Gasteiger partial charge in [-0.2, -0.15) is 5.26 Å². The van der Waals surface area contributed by atoms with Gasteiger partial charge in [-0.3, -0.25) is 5.32 Å². The quantitative estimate of drug-likeness (QED) is 0.843. The minimum Gasteiger partial charge on any atom is -0.381 e. The number of hydrogen-bond acceptors (Lipinski definition) is 4. The van der Waals surface area contributed by atoms with E-state index in [1.165, 1.54) is 0 Å². The monoisotopic (exact) mass is 265 g/mol. The molecule has 0 aromatic rings. The SMILES string of the molecule is COC1CCN(C2CCC(C#N)(NC(C)C)C2)CC1. The summed E-state index contributed by atoms with van der Waals surface area (Å²) in [4.78, 5) is 2.57. The molecule has 1 heterocycles. The minimum atomic E-state index is -0.295. The molecule has 0 bridgehead atoms. The first-order valence-electron chi connectivity index (χ1n) is 7.54. The average Bonchev–Trinajstić information content (AvgIpc) is 2.83. The van der Waals surface area contributed by atoms with Crippen molar-refractivity contribution in [2.75, 3.05) is 20.2 Å². The number of ether oxygens (including phenoxy) is 1. The molecule has 2 rings (SSSR count). The molecule has 4 nitrogen and oxygen atoms in total. The van der Waals surface area contributed by atoms with Crippen LogP contribution in [0.2, 0.25) is 0 Å². The lowest BCUT2D eigenvalue weighted by Gasteiger charge is -2.36. The largest absolute Gasteiger partial charge is 0.381 e. The van der Waals surface area contributed by atoms with Crippen molar-refractivity contribution < 1.29 is 4.74 Å². The third-order valence-electron chi connectivity index (χ3n) is 4.59. The predicted octanol–water partition coefficient (Wildman–Crippen LogP) is 1.91. The van der Waals surface area contributed by atoms with Crippen LogP contribution in [-0.4, -0.2) is 48.8 Å². The lowest BCUT2D eigenvalue weighted by molar-refractivity contribution is 0.0273. The zero-order valence-corrected chi connectivity index (χ0v) is 12.5. The summed E-state index contributed by atoms with van der Waals surface area (Å²) < 4.78 is 5.43. The van der Waals surface area contributed by atoms with Crippen molar-refractivity contribution in [1.82, 2.24) is 10.2 Å². The molecule has 1 aliphatic heterocycles. The second-order valence-electron chi connectivity index (χ2n) is 6.36. The van der Waals surface area contributed by atoms with Crippen molar-refractivity contribution in [3.05, 3.63) is 0 Å². The lowest BCUT2D eigenvalue weighted by atomic mass is 9.97. The molecule has 0 amide bonds. The van der Waals surface area contributed by atoms with E-state index in [1.807, 2.05) is 7.11 Å². The number of nitrogens with one attached hydrogen (secondary N) is 1. The molecular formula is C15H27N3O. The second-order valence-corrected chi connectivity index (χ2v) is 6.36. The Kier molecular flexibility index (Phi) is 4.83. The molecule has 19 heavy (non-hydrogen) atoms. The van der Waals surface area contributed by atoms with E-state index in [0.717, 1.165) is 45.2 Å². The van der Waals surface area contributed by atoms with E-state index in [9.17, 15) is 5.26 Å². The van der Waals surface area contributed by atoms with Crippen molar-refractivity contribution in [3.8, 4) is 6.07 Å². The van der Waals surface area contributed by atoms with Gasteiger partial charge in [-0.15, -0.1) is 0 Å². The van der Waals surface area contributed by atoms with E-state index < -0.39 is 0 Å². The van der Waals surface area contributed by atoms with Gasteiger partial charge >= 0.3 is 0 Å². The predicted molar refractivity (Wildman–Crippen MR) is 75.9 cm³/mol. The van der Waals surface area contributed by atoms with Crippen LogP contribution < -0.4 is 5.32 Å². The zero-order valence-electron chi connectivity index (χ0n) is 12.5. The van der Waals surface area contributed by atoms with Crippen molar-refractivity contribution in [2.24, 2.45) is 0 Å². The smallest absolute Gasteiger partial charge is 0.108 e. The minimum absolute atomic E-state index is 0.295. The van der Waals surface area contributed by atoms with Gasteiger partial charge in [-0.05, 0) is 46.0 Å². The molecule has 0 spiro atoms. The third-order valence-corrected chi connectivity index (χ3v) is 4.59. The van der Waals surface area contributed by atoms with Gasteiger partial charge in [0.1, 0.15) is 5.54 Å². The normalized spacial score (nSPS) is 33.7. The highest BCUT2D eigenvalue weighted by atomic mass is 16.5. The molecule has 1 aliphatic carbocycles. The first kappa shape index (κ1) is 14.8. The highest BCUT2D eigenvalue weighted by Crippen LogP contribution is 2.34. The summed E-state index contributed by atoms with van der Waals surface area (Å²) in [6, 6.07) is 3.48. The maximum Gasteiger partial charge on any atom is 0.108 e. The molecule has 2 aliphatic rings. The van der Waals surface area contributed by atoms with Crippen LogP contribution in [0.1, 0.15) is 46.0 Å². The molecule has 2 fully saturated rings. The summed E-state index contributed by atoms with van der Waals surface area (Å²) in [6.07, 6.45) is 5.79. The Labute approximate surface area is 117 Å². The van der Waals surface area contributed by atoms with E-state index in [4.69, 9.17) is 4.74 Å². The molecule has 2 atom stereocenters. The van der Waals surface area contributed by atoms with Gasteiger partial charge in [0.25, 0.3) is 0 Å². The van der Waals surface area contributed by atoms with Gasteiger partial charge in [0, 0.05) is 32.3 Å². The topological polar surface area (TPSA) is 48.3 Å². The Morgan fingerprint density at radius 2 is 2.00 bits per heavy atom. The average molecular weight is 265 g/mol. The van der Waals surface area contributed by atoms with Crippen LogP contribution in [0.4, 0.5) is 0 Å². The highest BCUT2D eigenvalue weighted by molar-refractivity contribution is 5.14. The fraction of sp³-hybridized carbons (Fsp3) is 0.933. The van der Waals surface area contributed by atoms with Crippen LogP contribution in [0.25, 0.3) is 0 Å². The van der Waals surface area contributed by atoms with Crippen LogP contribution >= 0.6 is 0 Å². The summed E-state index contributed by atoms with van der Waals surface area (Å²) in [5.41, 5.74) is -0.295. The van der Waals surface area contributed by atoms with E-state index >= 15 is 0 Å². The fourth-order valence-corrected chi connectivity index (χ4v) is 3.63. The van der Waals surface area contributed by atoms with Crippen molar-refractivity contribution in [2.45, 2.75) is 69.7 Å². The summed E-state index contributed by atoms with van der Waals surface area (Å²) in [5.74, 6) is 0. The van der Waals surface area contributed by atoms with Gasteiger partial charge in [0.05, 0.1) is 12.2 Å². The molecule has 0 aromatic carbocycles. The Hall–Kier alpha value is -0.630. The maximum atomic E-state index is 9.51. The maximum absolute atomic E-state index is 9.51. The van der Waals surface area contributed by atoms with Crippen LogP contribution in [0, 0.1) is 11.3 Å². The van der Waals surface area contributed by atoms with E-state index in [2.05, 4.69) is 30.1 Å². The first-order chi connectivity index (χ1) is 9.08. The number of nitriles is 1. The Balaban J connectivity index is 1.89. The summed E-state index contributed by atoms with van der Waals surface area (Å²) in [7, 11) is 1.81. The highest BCUT2D eigenvalue weighted by Gasteiger charge is 2.42. The molecule has 1 saturated carbocycles. The first-order valence-corrected chi connectivity index (χ1v) is 7.54. The molecule has 1 saturated heterocycles. The van der Waals surface area contributed by atoms with E-state index in [0.29, 0.717) is 18.2 Å². The lowest BCUT2D eigenvalue weighted by Crippen LogP contribution is -2.48. The Morgan fingerprint density at radius 1 is 1.32 bits per heavy atom. The van der Waals surface area contributed by atoms with E-state index in [-0.39, 0.29) is 5.54 Å². The van der Waals surface area contributed by atoms with Crippen molar-refractivity contribution >= 4 is 0 Å². The number of nitrogens with zero attached hydrogens (tertiary/aromatic N) is 2. The summed E-state index contributed by atoms with van der Waals surface area (Å²) in [5, 5.41) is 13.0. The van der Waals surface area contributed by atoms with Crippen LogP contribution in [0.15, 0.2) is 0 Å². The molecule has 0 radical (unpaired) electrons. The standard InChI is InChI=1S/C15H27N3O/c1-12(2)17-15(11-16)7-4-13(10-15)18-8-5-14(19-3)6-9-18/h12-14,17H,4-10H2,1-3H3. The Bertz CT molecular complexity index is 331. The van der Waals surface area contributed by atoms with Crippen molar-refractivity contribution in [3.63, 3.8) is 0 Å². The molecular weight excluding hydrogens is 238 g/mol. The molecule has 108 valence electrons. The van der Waals surface area contributed by atoms with Crippen LogP contribution in [0.5, 0.6) is 0 Å². The van der Waals surface area contributed by atoms with Crippen LogP contribution in [-0.2, 0) is 4.74 Å². The van der Waals surface area contributed by atoms with Gasteiger partial charge in [-0.25, -0.2) is 0 Å². The van der Waals surface area contributed by atoms with E-state index in [1.54, 1.807) is 0 Å². The molecule has 2 unspecified atom stereocenters.